The van der Waals surface area contributed by atoms with Gasteiger partial charge in [-0.05, 0) is 69.0 Å². The Hall–Kier alpha value is -6.73. The first-order valence-electron chi connectivity index (χ1n) is 22.5. The molecule has 0 aliphatic carbocycles. The van der Waals surface area contributed by atoms with E-state index in [1.54, 1.807) is 44.3 Å². The number of imidazole rings is 1. The second-order valence-corrected chi connectivity index (χ2v) is 18.6. The van der Waals surface area contributed by atoms with Crippen molar-refractivity contribution < 1.29 is 57.6 Å². The van der Waals surface area contributed by atoms with Crippen LogP contribution >= 0.6 is 0 Å². The summed E-state index contributed by atoms with van der Waals surface area (Å²) in [6.07, 6.45) is 4.75. The van der Waals surface area contributed by atoms with Gasteiger partial charge in [0.05, 0.1) is 12.4 Å². The van der Waals surface area contributed by atoms with Crippen LogP contribution in [0.3, 0.4) is 0 Å². The first-order chi connectivity index (χ1) is 32.7. The van der Waals surface area contributed by atoms with E-state index in [1.807, 2.05) is 0 Å². The number of primary amides is 1. The molecule has 7 amide bonds. The van der Waals surface area contributed by atoms with Crippen molar-refractivity contribution in [1.29, 1.82) is 0 Å². The molecule has 8 atom stereocenters. The van der Waals surface area contributed by atoms with Crippen molar-refractivity contribution >= 4 is 75.0 Å². The lowest BCUT2D eigenvalue weighted by molar-refractivity contribution is -0.142. The number of nitrogens with zero attached hydrogens (tertiary/aromatic N) is 1. The van der Waals surface area contributed by atoms with Gasteiger partial charge in [0.1, 0.15) is 36.3 Å². The van der Waals surface area contributed by atoms with Gasteiger partial charge >= 0.3 is 11.9 Å². The maximum atomic E-state index is 14.2. The SMILES string of the molecule is CC(C)C[C@H](NC(=O)[C@H](Cc1cnc[nH]1)NC(=O)[C@@H](N)CCC(=O)O)C(=O)N[C@@H](CCCCN)C(=O)N[C@@H](CCC(N)=O)C(=O)N[C@@H](Cc1c[nH]c2ccccc12)C(=O)N[C@@H](CCS(C)=O)C(=O)O. The summed E-state index contributed by atoms with van der Waals surface area (Å²) in [6.45, 7) is 3.80. The van der Waals surface area contributed by atoms with Crippen molar-refractivity contribution in [3.63, 3.8) is 0 Å². The van der Waals surface area contributed by atoms with Crippen molar-refractivity contribution in [3.8, 4) is 0 Å². The predicted molar refractivity (Wildman–Crippen MR) is 253 cm³/mol. The molecule has 0 saturated heterocycles. The van der Waals surface area contributed by atoms with Gasteiger partial charge in [0.2, 0.25) is 41.4 Å². The number of fused-ring (bicyclic) bond motifs is 1. The maximum absolute atomic E-state index is 14.2. The fourth-order valence-corrected chi connectivity index (χ4v) is 7.73. The van der Waals surface area contributed by atoms with E-state index in [2.05, 4.69) is 46.9 Å². The number of hydrogen-bond donors (Lipinski definition) is 13. The molecule has 0 aliphatic heterocycles. The predicted octanol–water partition coefficient (Wildman–Crippen LogP) is -1.93. The summed E-state index contributed by atoms with van der Waals surface area (Å²) in [7, 11) is -1.38. The Balaban J connectivity index is 1.92. The van der Waals surface area contributed by atoms with E-state index in [0.717, 1.165) is 0 Å². The molecule has 69 heavy (non-hydrogen) atoms. The summed E-state index contributed by atoms with van der Waals surface area (Å²) in [5.41, 5.74) is 18.8. The van der Waals surface area contributed by atoms with E-state index < -0.39 is 119 Å². The van der Waals surface area contributed by atoms with E-state index in [1.165, 1.54) is 18.8 Å². The highest BCUT2D eigenvalue weighted by Crippen LogP contribution is 2.20. The smallest absolute Gasteiger partial charge is 0.326 e. The third kappa shape index (κ3) is 19.8. The molecule has 25 heteroatoms. The molecule has 0 spiro atoms. The standard InChI is InChI=1S/C44H66N12O12S/c1-24(2)18-33(55-43(65)35(20-26-22-48-23-50-26)54-38(60)28(46)11-14-37(58)59)41(63)51-30(10-6-7-16-45)39(61)52-31(12-13-36(47)57)40(62)56-34(19-25-21-49-29-9-5-4-8-27(25)29)42(64)53-32(44(66)67)15-17-69(3)68/h4-5,8-9,21-24,28,30-35,49H,6-7,10-20,45-46H2,1-3H3,(H2,47,57)(H,48,50)(H,51,63)(H,52,61)(H,53,64)(H,54,60)(H,55,65)(H,56,62)(H,58,59)(H,66,67)/t28-,30-,31-,32-,33-,34-,35-,69?/m0/s1. The van der Waals surface area contributed by atoms with Crippen LogP contribution in [0.15, 0.2) is 43.0 Å². The number of nitrogens with one attached hydrogen (secondary N) is 8. The van der Waals surface area contributed by atoms with Crippen LogP contribution in [0, 0.1) is 5.92 Å². The second-order valence-electron chi connectivity index (χ2n) is 17.1. The number of rotatable bonds is 32. The number of H-pyrrole nitrogens is 2. The van der Waals surface area contributed by atoms with Crippen LogP contribution < -0.4 is 49.1 Å². The Morgan fingerprint density at radius 1 is 0.696 bits per heavy atom. The van der Waals surface area contributed by atoms with Crippen molar-refractivity contribution in [2.45, 2.75) is 127 Å². The molecule has 3 rings (SSSR count). The Morgan fingerprint density at radius 2 is 1.26 bits per heavy atom. The van der Waals surface area contributed by atoms with Crippen molar-refractivity contribution in [3.05, 3.63) is 54.2 Å². The van der Waals surface area contributed by atoms with Crippen LogP contribution in [0.5, 0.6) is 0 Å². The van der Waals surface area contributed by atoms with Crippen LogP contribution in [0.25, 0.3) is 10.9 Å². The molecule has 16 N–H and O–H groups in total. The number of carboxylic acids is 2. The number of aromatic nitrogens is 3. The molecule has 0 bridgehead atoms. The van der Waals surface area contributed by atoms with Gasteiger partial charge in [-0.25, -0.2) is 9.78 Å². The number of aliphatic carboxylic acids is 2. The summed E-state index contributed by atoms with van der Waals surface area (Å²) in [5, 5.41) is 35.1. The third-order valence-corrected chi connectivity index (χ3v) is 11.7. The average molecular weight is 987 g/mol. The molecule has 0 saturated carbocycles. The van der Waals surface area contributed by atoms with E-state index in [9.17, 15) is 52.5 Å². The number of para-hydroxylation sites is 1. The van der Waals surface area contributed by atoms with E-state index in [4.69, 9.17) is 22.3 Å². The normalized spacial score (nSPS) is 14.8. The van der Waals surface area contributed by atoms with Crippen LogP contribution in [-0.4, -0.2) is 144 Å². The molecule has 1 unspecified atom stereocenters. The van der Waals surface area contributed by atoms with Gasteiger partial charge < -0.3 is 69.3 Å². The fraction of sp³-hybridized carbons (Fsp3) is 0.545. The summed E-state index contributed by atoms with van der Waals surface area (Å²) in [4.78, 5) is 128. The van der Waals surface area contributed by atoms with Gasteiger partial charge in [0, 0.05) is 77.5 Å². The van der Waals surface area contributed by atoms with Crippen molar-refractivity contribution in [1.82, 2.24) is 46.9 Å². The quantitative estimate of drug-likeness (QED) is 0.0303. The molecule has 1 aromatic carbocycles. The minimum absolute atomic E-state index is 0.00126. The minimum Gasteiger partial charge on any atom is -0.481 e. The molecule has 24 nitrogen and oxygen atoms in total. The number of aromatic amines is 2. The highest BCUT2D eigenvalue weighted by atomic mass is 32.2. The molecule has 2 aromatic heterocycles. The zero-order chi connectivity index (χ0) is 51.2. The molecule has 0 fully saturated rings. The first kappa shape index (κ1) is 56.6. The number of unbranched alkanes of at least 4 members (excludes halogenated alkanes) is 1. The lowest BCUT2D eigenvalue weighted by Crippen LogP contribution is -2.60. The van der Waals surface area contributed by atoms with Crippen LogP contribution in [0.1, 0.15) is 82.9 Å². The van der Waals surface area contributed by atoms with Gasteiger partial charge in [-0.2, -0.15) is 0 Å². The summed E-state index contributed by atoms with van der Waals surface area (Å²) >= 11 is 0. The van der Waals surface area contributed by atoms with Crippen molar-refractivity contribution in [2.24, 2.45) is 23.1 Å². The zero-order valence-corrected chi connectivity index (χ0v) is 39.7. The molecule has 3 aromatic rings. The molecule has 380 valence electrons. The Bertz CT molecular complexity index is 2250. The Kier molecular flexibility index (Phi) is 23.4. The topological polar surface area (TPSA) is 406 Å². The molecule has 0 aliphatic rings. The third-order valence-electron chi connectivity index (χ3n) is 10.9. The van der Waals surface area contributed by atoms with Crippen molar-refractivity contribution in [2.75, 3.05) is 18.6 Å². The molecule has 0 radical (unpaired) electrons. The minimum atomic E-state index is -1.53. The Morgan fingerprint density at radius 3 is 1.84 bits per heavy atom. The van der Waals surface area contributed by atoms with Gasteiger partial charge in [-0.1, -0.05) is 32.0 Å². The number of nitrogens with two attached hydrogens (primary N) is 3. The van der Waals surface area contributed by atoms with Gasteiger partial charge in [0.15, 0.2) is 0 Å². The first-order valence-corrected chi connectivity index (χ1v) is 24.2. The van der Waals surface area contributed by atoms with Crippen LogP contribution in [-0.2, 0) is 66.8 Å². The largest absolute Gasteiger partial charge is 0.481 e. The van der Waals surface area contributed by atoms with E-state index in [0.29, 0.717) is 35.0 Å². The Labute approximate surface area is 401 Å². The highest BCUT2D eigenvalue weighted by Gasteiger charge is 2.35. The average Bonchev–Trinajstić information content (AvgIpc) is 3.96. The summed E-state index contributed by atoms with van der Waals surface area (Å²) in [5.74, 6) is -8.78. The van der Waals surface area contributed by atoms with Gasteiger partial charge in [0.25, 0.3) is 0 Å². The lowest BCUT2D eigenvalue weighted by Gasteiger charge is -2.28. The number of carbonyl (C=O) groups is 9. The highest BCUT2D eigenvalue weighted by molar-refractivity contribution is 7.84. The number of amides is 7. The van der Waals surface area contributed by atoms with E-state index >= 15 is 0 Å². The number of benzene rings is 1. The van der Waals surface area contributed by atoms with Gasteiger partial charge in [-0.3, -0.25) is 42.6 Å². The van der Waals surface area contributed by atoms with Crippen LogP contribution in [0.4, 0.5) is 0 Å². The fourth-order valence-electron chi connectivity index (χ4n) is 7.17. The molecular formula is C44H66N12O12S. The summed E-state index contributed by atoms with van der Waals surface area (Å²) < 4.78 is 11.8. The van der Waals surface area contributed by atoms with E-state index in [-0.39, 0.29) is 63.2 Å². The number of carbonyl (C=O) groups excluding carboxylic acids is 7. The maximum Gasteiger partial charge on any atom is 0.326 e. The molecular weight excluding hydrogens is 921 g/mol. The monoisotopic (exact) mass is 986 g/mol. The van der Waals surface area contributed by atoms with Crippen LogP contribution in [0.2, 0.25) is 0 Å². The zero-order valence-electron chi connectivity index (χ0n) is 38.9. The second kappa shape index (κ2) is 28.6. The molecule has 2 heterocycles. The van der Waals surface area contributed by atoms with Gasteiger partial charge in [-0.15, -0.1) is 0 Å². The summed E-state index contributed by atoms with van der Waals surface area (Å²) in [6, 6.07) is -2.54. The lowest BCUT2D eigenvalue weighted by atomic mass is 10.0. The number of hydrogen-bond acceptors (Lipinski definition) is 13. The number of carboxylic acid groups (broad SMARTS) is 2.